The molecule has 1 aromatic carbocycles. The Morgan fingerprint density at radius 3 is 2.64 bits per heavy atom. The molecule has 0 unspecified atom stereocenters. The van der Waals surface area contributed by atoms with Crippen LogP contribution in [0.25, 0.3) is 0 Å². The van der Waals surface area contributed by atoms with Gasteiger partial charge < -0.3 is 9.32 Å². The zero-order valence-electron chi connectivity index (χ0n) is 15.6. The topological polar surface area (TPSA) is 94.6 Å². The molecule has 3 rings (SSSR count). The molecule has 0 aliphatic carbocycles. The van der Waals surface area contributed by atoms with Crippen LogP contribution in [-0.2, 0) is 16.6 Å². The molecule has 8 heteroatoms. The summed E-state index contributed by atoms with van der Waals surface area (Å²) in [4.78, 5) is 14.6. The average molecular weight is 401 g/mol. The third-order valence-corrected chi connectivity index (χ3v) is 6.64. The minimum absolute atomic E-state index is 0.124. The van der Waals surface area contributed by atoms with E-state index in [1.165, 1.54) is 27.6 Å². The van der Waals surface area contributed by atoms with Gasteiger partial charge in [0.05, 0.1) is 30.2 Å². The second kappa shape index (κ2) is 9.04. The molecule has 1 aliphatic rings. The van der Waals surface area contributed by atoms with E-state index in [1.54, 1.807) is 24.3 Å². The number of sulfonamides is 1. The summed E-state index contributed by atoms with van der Waals surface area (Å²) in [6.07, 6.45) is 4.43. The average Bonchev–Trinajstić information content (AvgIpc) is 3.24. The van der Waals surface area contributed by atoms with Crippen LogP contribution in [0.4, 0.5) is 0 Å². The fourth-order valence-corrected chi connectivity index (χ4v) is 4.82. The summed E-state index contributed by atoms with van der Waals surface area (Å²) in [7, 11) is -3.62. The Bertz CT molecular complexity index is 942. The Hall–Kier alpha value is -2.63. The summed E-state index contributed by atoms with van der Waals surface area (Å²) in [6.45, 7) is 1.47. The first-order valence-electron chi connectivity index (χ1n) is 9.31. The van der Waals surface area contributed by atoms with Crippen molar-refractivity contribution >= 4 is 15.9 Å². The summed E-state index contributed by atoms with van der Waals surface area (Å²) >= 11 is 0. The van der Waals surface area contributed by atoms with Gasteiger partial charge in [0.25, 0.3) is 5.91 Å². The number of hydrogen-bond donors (Lipinski definition) is 0. The predicted molar refractivity (Wildman–Crippen MR) is 103 cm³/mol. The molecular weight excluding hydrogens is 378 g/mol. The molecule has 1 fully saturated rings. The molecular formula is C20H23N3O4S. The zero-order valence-corrected chi connectivity index (χ0v) is 16.4. The van der Waals surface area contributed by atoms with E-state index in [-0.39, 0.29) is 35.9 Å². The molecule has 0 saturated carbocycles. The Morgan fingerprint density at radius 2 is 1.96 bits per heavy atom. The van der Waals surface area contributed by atoms with E-state index < -0.39 is 10.0 Å². The van der Waals surface area contributed by atoms with Gasteiger partial charge >= 0.3 is 0 Å². The lowest BCUT2D eigenvalue weighted by Crippen LogP contribution is -2.36. The highest BCUT2D eigenvalue weighted by atomic mass is 32.2. The van der Waals surface area contributed by atoms with Gasteiger partial charge in [-0.1, -0.05) is 12.5 Å². The molecule has 0 bridgehead atoms. The Morgan fingerprint density at radius 1 is 1.18 bits per heavy atom. The van der Waals surface area contributed by atoms with Crippen molar-refractivity contribution in [2.24, 2.45) is 0 Å². The number of benzene rings is 1. The molecule has 2 heterocycles. The van der Waals surface area contributed by atoms with E-state index in [9.17, 15) is 13.2 Å². The number of hydrogen-bond acceptors (Lipinski definition) is 5. The highest BCUT2D eigenvalue weighted by Crippen LogP contribution is 2.22. The van der Waals surface area contributed by atoms with Crippen molar-refractivity contribution in [3.63, 3.8) is 0 Å². The molecule has 1 saturated heterocycles. The highest BCUT2D eigenvalue weighted by molar-refractivity contribution is 7.89. The standard InChI is InChI=1S/C20H23N3O4S/c21-10-6-11-22(16-18-8-5-14-27-18)20(24)17-7-4-9-19(15-17)28(25,26)23-12-2-1-3-13-23/h4-5,7-9,14-15H,1-3,6,11-13,16H2. The smallest absolute Gasteiger partial charge is 0.254 e. The van der Waals surface area contributed by atoms with Crippen LogP contribution in [0.15, 0.2) is 52.0 Å². The maximum absolute atomic E-state index is 13.0. The Balaban J connectivity index is 1.84. The maximum atomic E-state index is 13.0. The van der Waals surface area contributed by atoms with Crippen LogP contribution in [0.3, 0.4) is 0 Å². The van der Waals surface area contributed by atoms with Crippen LogP contribution in [0.2, 0.25) is 0 Å². The molecule has 1 aromatic heterocycles. The van der Waals surface area contributed by atoms with Crippen LogP contribution in [0.1, 0.15) is 41.8 Å². The summed E-state index contributed by atoms with van der Waals surface area (Å²) in [6, 6.07) is 11.6. The minimum atomic E-state index is -3.62. The van der Waals surface area contributed by atoms with Gasteiger partial charge in [-0.15, -0.1) is 0 Å². The van der Waals surface area contributed by atoms with Crippen molar-refractivity contribution in [3.05, 3.63) is 54.0 Å². The van der Waals surface area contributed by atoms with E-state index in [2.05, 4.69) is 0 Å². The van der Waals surface area contributed by atoms with Crippen LogP contribution in [-0.4, -0.2) is 43.2 Å². The first-order chi connectivity index (χ1) is 13.5. The zero-order chi connectivity index (χ0) is 20.0. The van der Waals surface area contributed by atoms with E-state index in [0.29, 0.717) is 18.8 Å². The number of rotatable bonds is 7. The normalized spacial score (nSPS) is 15.1. The lowest BCUT2D eigenvalue weighted by atomic mass is 10.2. The summed E-state index contributed by atoms with van der Waals surface area (Å²) < 4.78 is 32.6. The molecule has 1 aliphatic heterocycles. The van der Waals surface area contributed by atoms with E-state index in [0.717, 1.165) is 19.3 Å². The fraction of sp³-hybridized carbons (Fsp3) is 0.400. The van der Waals surface area contributed by atoms with Gasteiger partial charge in [0.1, 0.15) is 5.76 Å². The number of nitrogens with zero attached hydrogens (tertiary/aromatic N) is 3. The van der Waals surface area contributed by atoms with Crippen LogP contribution < -0.4 is 0 Å². The predicted octanol–water partition coefficient (Wildman–Crippen LogP) is 3.01. The number of carbonyl (C=O) groups is 1. The number of furan rings is 1. The summed E-state index contributed by atoms with van der Waals surface area (Å²) in [5, 5.41) is 8.89. The van der Waals surface area contributed by atoms with Crippen molar-refractivity contribution in [1.29, 1.82) is 5.26 Å². The van der Waals surface area contributed by atoms with Gasteiger partial charge in [0.2, 0.25) is 10.0 Å². The van der Waals surface area contributed by atoms with Crippen molar-refractivity contribution in [3.8, 4) is 6.07 Å². The minimum Gasteiger partial charge on any atom is -0.467 e. The molecule has 7 nitrogen and oxygen atoms in total. The molecule has 0 spiro atoms. The summed E-state index contributed by atoms with van der Waals surface area (Å²) in [5.41, 5.74) is 0.280. The van der Waals surface area contributed by atoms with Gasteiger partial charge in [0, 0.05) is 25.2 Å². The van der Waals surface area contributed by atoms with Crippen LogP contribution in [0, 0.1) is 11.3 Å². The maximum Gasteiger partial charge on any atom is 0.254 e. The van der Waals surface area contributed by atoms with Crippen molar-refractivity contribution in [2.45, 2.75) is 37.1 Å². The molecule has 2 aromatic rings. The number of amides is 1. The molecule has 28 heavy (non-hydrogen) atoms. The number of nitriles is 1. The van der Waals surface area contributed by atoms with Gasteiger partial charge in [-0.3, -0.25) is 4.79 Å². The number of piperidine rings is 1. The molecule has 0 atom stereocenters. The molecule has 0 radical (unpaired) electrons. The first kappa shape index (κ1) is 20.1. The van der Waals surface area contributed by atoms with Crippen molar-refractivity contribution in [1.82, 2.24) is 9.21 Å². The quantitative estimate of drug-likeness (QED) is 0.711. The van der Waals surface area contributed by atoms with Crippen LogP contribution in [0.5, 0.6) is 0 Å². The van der Waals surface area contributed by atoms with Gasteiger partial charge in [-0.2, -0.15) is 9.57 Å². The fourth-order valence-electron chi connectivity index (χ4n) is 3.25. The monoisotopic (exact) mass is 401 g/mol. The van der Waals surface area contributed by atoms with Gasteiger partial charge in [0.15, 0.2) is 0 Å². The van der Waals surface area contributed by atoms with E-state index in [4.69, 9.17) is 9.68 Å². The van der Waals surface area contributed by atoms with E-state index >= 15 is 0 Å². The lowest BCUT2D eigenvalue weighted by molar-refractivity contribution is 0.0735. The first-order valence-corrected chi connectivity index (χ1v) is 10.7. The lowest BCUT2D eigenvalue weighted by Gasteiger charge is -2.26. The van der Waals surface area contributed by atoms with Gasteiger partial charge in [-0.25, -0.2) is 8.42 Å². The third-order valence-electron chi connectivity index (χ3n) is 4.74. The Kier molecular flexibility index (Phi) is 6.49. The molecule has 1 amide bonds. The van der Waals surface area contributed by atoms with Crippen molar-refractivity contribution < 1.29 is 17.6 Å². The second-order valence-corrected chi connectivity index (χ2v) is 8.64. The SMILES string of the molecule is N#CCCN(Cc1ccco1)C(=O)c1cccc(S(=O)(=O)N2CCCCC2)c1. The third kappa shape index (κ3) is 4.61. The van der Waals surface area contributed by atoms with Crippen LogP contribution >= 0.6 is 0 Å². The highest BCUT2D eigenvalue weighted by Gasteiger charge is 2.27. The largest absolute Gasteiger partial charge is 0.467 e. The van der Waals surface area contributed by atoms with Crippen molar-refractivity contribution in [2.75, 3.05) is 19.6 Å². The second-order valence-electron chi connectivity index (χ2n) is 6.71. The van der Waals surface area contributed by atoms with Gasteiger partial charge in [-0.05, 0) is 43.2 Å². The molecule has 148 valence electrons. The Labute approximate surface area is 165 Å². The number of carbonyl (C=O) groups excluding carboxylic acids is 1. The molecule has 0 N–H and O–H groups in total. The van der Waals surface area contributed by atoms with E-state index in [1.807, 2.05) is 6.07 Å². The summed E-state index contributed by atoms with van der Waals surface area (Å²) in [5.74, 6) is 0.269.